The van der Waals surface area contributed by atoms with Gasteiger partial charge in [0, 0.05) is 10.7 Å². The first-order chi connectivity index (χ1) is 8.18. The fourth-order valence-electron chi connectivity index (χ4n) is 1.37. The number of Topliss-reactive ketones (excluding diaryl/α,β-unsaturated/α-hetero) is 1. The second-order valence-corrected chi connectivity index (χ2v) is 4.26. The molecule has 0 bridgehead atoms. The Morgan fingerprint density at radius 1 is 1.00 bits per heavy atom. The molecule has 4 nitrogen and oxygen atoms in total. The number of halogens is 1. The molecule has 5 heteroatoms. The number of benzene rings is 1. The summed E-state index contributed by atoms with van der Waals surface area (Å²) in [5.74, 6) is -1.04. The van der Waals surface area contributed by atoms with Crippen molar-refractivity contribution in [1.82, 2.24) is 4.98 Å². The third kappa shape index (κ3) is 2.62. The largest absolute Gasteiger partial charge is 0.357 e. The quantitative estimate of drug-likeness (QED) is 0.733. The molecule has 0 atom stereocenters. The van der Waals surface area contributed by atoms with Gasteiger partial charge in [-0.2, -0.15) is 0 Å². The summed E-state index contributed by atoms with van der Waals surface area (Å²) in [5, 5.41) is 2.41. The molecule has 0 aliphatic carbocycles. The summed E-state index contributed by atoms with van der Waals surface area (Å²) >= 11 is 3.31. The number of carbonyl (C=O) groups is 2. The molecule has 0 spiro atoms. The number of H-pyrrole nitrogens is 1. The monoisotopic (exact) mass is 292 g/mol. The van der Waals surface area contributed by atoms with Gasteiger partial charge in [0.1, 0.15) is 5.69 Å². The number of carbonyl (C=O) groups excluding carboxylic acids is 2. The number of aromatic amines is 1. The molecule has 1 aliphatic rings. The van der Waals surface area contributed by atoms with Crippen molar-refractivity contribution in [2.45, 2.75) is 0 Å². The van der Waals surface area contributed by atoms with Crippen molar-refractivity contribution in [3.63, 3.8) is 0 Å². The van der Waals surface area contributed by atoms with E-state index in [1.165, 1.54) is 0 Å². The minimum Gasteiger partial charge on any atom is -0.357 e. The zero-order valence-corrected chi connectivity index (χ0v) is 10.3. The standard InChI is InChI=1S/C6H5Br.C6H4N2O2/c7-6-4-2-1-3-5-6;9-5-4-3(1-2-7-4)8-6(5)10/h1-5H;1-2,7H,(H,8,9,10). The summed E-state index contributed by atoms with van der Waals surface area (Å²) in [4.78, 5) is 24.1. The number of hydrogen-bond acceptors (Lipinski definition) is 2. The molecule has 1 aliphatic heterocycles. The van der Waals surface area contributed by atoms with Crippen molar-refractivity contribution in [1.29, 1.82) is 0 Å². The Balaban J connectivity index is 0.000000136. The highest BCUT2D eigenvalue weighted by Crippen LogP contribution is 2.19. The van der Waals surface area contributed by atoms with Crippen LogP contribution in [0, 0.1) is 0 Å². The molecule has 1 aromatic heterocycles. The van der Waals surface area contributed by atoms with Crippen molar-refractivity contribution < 1.29 is 9.59 Å². The molecule has 0 saturated heterocycles. The van der Waals surface area contributed by atoms with E-state index >= 15 is 0 Å². The van der Waals surface area contributed by atoms with Gasteiger partial charge in [-0.3, -0.25) is 9.59 Å². The predicted octanol–water partition coefficient (Wildman–Crippen LogP) is 2.60. The molecule has 2 heterocycles. The number of ketones is 1. The van der Waals surface area contributed by atoms with Gasteiger partial charge < -0.3 is 10.3 Å². The summed E-state index contributed by atoms with van der Waals surface area (Å²) in [6.45, 7) is 0. The molecule has 0 saturated carbocycles. The van der Waals surface area contributed by atoms with E-state index in [4.69, 9.17) is 0 Å². The minimum atomic E-state index is -0.554. The zero-order valence-electron chi connectivity index (χ0n) is 8.74. The summed E-state index contributed by atoms with van der Waals surface area (Å²) in [6.07, 6.45) is 1.61. The first kappa shape index (κ1) is 11.6. The molecule has 1 aromatic carbocycles. The molecule has 86 valence electrons. The Labute approximate surface area is 106 Å². The van der Waals surface area contributed by atoms with Gasteiger partial charge in [0.15, 0.2) is 0 Å². The molecule has 2 N–H and O–H groups in total. The van der Waals surface area contributed by atoms with Gasteiger partial charge >= 0.3 is 0 Å². The van der Waals surface area contributed by atoms with E-state index in [0.717, 1.165) is 4.47 Å². The Morgan fingerprint density at radius 3 is 2.24 bits per heavy atom. The van der Waals surface area contributed by atoms with Crippen molar-refractivity contribution >= 4 is 33.3 Å². The van der Waals surface area contributed by atoms with Crippen LogP contribution in [-0.2, 0) is 4.79 Å². The Kier molecular flexibility index (Phi) is 3.39. The first-order valence-electron chi connectivity index (χ1n) is 4.92. The molecular weight excluding hydrogens is 284 g/mol. The van der Waals surface area contributed by atoms with Gasteiger partial charge in [0.05, 0.1) is 5.69 Å². The van der Waals surface area contributed by atoms with Crippen molar-refractivity contribution in [3.05, 3.63) is 52.8 Å². The predicted molar refractivity (Wildman–Crippen MR) is 67.9 cm³/mol. The topological polar surface area (TPSA) is 62.0 Å². The molecular formula is C12H9BrN2O2. The summed E-state index contributed by atoms with van der Waals surface area (Å²) in [7, 11) is 0. The van der Waals surface area contributed by atoms with E-state index in [9.17, 15) is 9.59 Å². The maximum atomic E-state index is 10.8. The fourth-order valence-corrected chi connectivity index (χ4v) is 1.67. The lowest BCUT2D eigenvalue weighted by atomic mass is 10.3. The van der Waals surface area contributed by atoms with Crippen LogP contribution in [0.3, 0.4) is 0 Å². The maximum absolute atomic E-state index is 10.8. The first-order valence-corrected chi connectivity index (χ1v) is 5.71. The lowest BCUT2D eigenvalue weighted by Crippen LogP contribution is -2.13. The van der Waals surface area contributed by atoms with Crippen LogP contribution in [0.5, 0.6) is 0 Å². The number of aromatic nitrogens is 1. The Morgan fingerprint density at radius 2 is 1.71 bits per heavy atom. The van der Waals surface area contributed by atoms with E-state index in [1.807, 2.05) is 30.3 Å². The normalized spacial score (nSPS) is 12.5. The van der Waals surface area contributed by atoms with Gasteiger partial charge in [0.2, 0.25) is 0 Å². The van der Waals surface area contributed by atoms with Crippen LogP contribution in [0.1, 0.15) is 10.5 Å². The van der Waals surface area contributed by atoms with E-state index in [-0.39, 0.29) is 0 Å². The SMILES string of the molecule is Brc1ccccc1.O=C1Nc2cc[nH]c2C1=O. The average molecular weight is 293 g/mol. The maximum Gasteiger partial charge on any atom is 0.298 e. The lowest BCUT2D eigenvalue weighted by Gasteiger charge is -1.83. The van der Waals surface area contributed by atoms with Crippen LogP contribution >= 0.6 is 15.9 Å². The third-order valence-corrected chi connectivity index (χ3v) is 2.69. The van der Waals surface area contributed by atoms with Gasteiger partial charge in [-0.05, 0) is 18.2 Å². The fraction of sp³-hybridized carbons (Fsp3) is 0. The molecule has 2 aromatic rings. The van der Waals surface area contributed by atoms with Gasteiger partial charge in [0.25, 0.3) is 11.7 Å². The Bertz CT molecular complexity index is 549. The number of rotatable bonds is 0. The number of nitrogens with one attached hydrogen (secondary N) is 2. The zero-order chi connectivity index (χ0) is 12.3. The van der Waals surface area contributed by atoms with Crippen LogP contribution in [0.15, 0.2) is 47.1 Å². The van der Waals surface area contributed by atoms with E-state index < -0.39 is 11.7 Å². The third-order valence-electron chi connectivity index (χ3n) is 2.16. The second kappa shape index (κ2) is 4.97. The molecule has 1 amide bonds. The van der Waals surface area contributed by atoms with E-state index in [2.05, 4.69) is 26.2 Å². The van der Waals surface area contributed by atoms with Gasteiger partial charge in [-0.25, -0.2) is 0 Å². The van der Waals surface area contributed by atoms with Crippen LogP contribution in [0.2, 0.25) is 0 Å². The highest BCUT2D eigenvalue weighted by atomic mass is 79.9. The van der Waals surface area contributed by atoms with Crippen molar-refractivity contribution in [2.24, 2.45) is 0 Å². The smallest absolute Gasteiger partial charge is 0.298 e. The summed E-state index contributed by atoms with van der Waals surface area (Å²) < 4.78 is 1.13. The summed E-state index contributed by atoms with van der Waals surface area (Å²) in [6, 6.07) is 11.6. The number of hydrogen-bond donors (Lipinski definition) is 2. The van der Waals surface area contributed by atoms with Crippen LogP contribution in [0.25, 0.3) is 0 Å². The number of fused-ring (bicyclic) bond motifs is 1. The van der Waals surface area contributed by atoms with E-state index in [0.29, 0.717) is 11.4 Å². The van der Waals surface area contributed by atoms with Gasteiger partial charge in [-0.15, -0.1) is 0 Å². The van der Waals surface area contributed by atoms with E-state index in [1.54, 1.807) is 12.3 Å². The molecule has 0 fully saturated rings. The van der Waals surface area contributed by atoms with Crippen molar-refractivity contribution in [3.8, 4) is 0 Å². The highest BCUT2D eigenvalue weighted by molar-refractivity contribution is 9.10. The van der Waals surface area contributed by atoms with Gasteiger partial charge in [-0.1, -0.05) is 34.1 Å². The Hall–Kier alpha value is -1.88. The second-order valence-electron chi connectivity index (χ2n) is 3.35. The lowest BCUT2D eigenvalue weighted by molar-refractivity contribution is -0.112. The average Bonchev–Trinajstić information content (AvgIpc) is 2.86. The molecule has 0 unspecified atom stereocenters. The molecule has 3 rings (SSSR count). The summed E-state index contributed by atoms with van der Waals surface area (Å²) in [5.41, 5.74) is 0.944. The van der Waals surface area contributed by atoms with Crippen molar-refractivity contribution in [2.75, 3.05) is 5.32 Å². The van der Waals surface area contributed by atoms with Crippen LogP contribution in [0.4, 0.5) is 5.69 Å². The highest BCUT2D eigenvalue weighted by Gasteiger charge is 2.28. The minimum absolute atomic E-state index is 0.366. The molecule has 17 heavy (non-hydrogen) atoms. The van der Waals surface area contributed by atoms with Crippen LogP contribution < -0.4 is 5.32 Å². The number of amides is 1. The number of anilines is 1. The molecule has 0 radical (unpaired) electrons. The van der Waals surface area contributed by atoms with Crippen LogP contribution in [-0.4, -0.2) is 16.7 Å².